The maximum atomic E-state index is 12.3. The first-order chi connectivity index (χ1) is 9.54. The van der Waals surface area contributed by atoms with Gasteiger partial charge in [-0.25, -0.2) is 0 Å². The highest BCUT2D eigenvalue weighted by atomic mass is 16.2. The van der Waals surface area contributed by atoms with Crippen molar-refractivity contribution in [1.29, 1.82) is 0 Å². The Morgan fingerprint density at radius 1 is 1.35 bits per heavy atom. The van der Waals surface area contributed by atoms with E-state index in [1.807, 2.05) is 11.0 Å². The zero-order valence-corrected chi connectivity index (χ0v) is 12.8. The molecule has 1 amide bonds. The Morgan fingerprint density at radius 2 is 2.05 bits per heavy atom. The van der Waals surface area contributed by atoms with Gasteiger partial charge in [-0.2, -0.15) is 0 Å². The van der Waals surface area contributed by atoms with Gasteiger partial charge in [-0.1, -0.05) is 45.0 Å². The van der Waals surface area contributed by atoms with Crippen LogP contribution in [-0.2, 0) is 11.2 Å². The van der Waals surface area contributed by atoms with Crippen molar-refractivity contribution in [2.24, 2.45) is 11.7 Å². The molecule has 1 aliphatic heterocycles. The average molecular weight is 274 g/mol. The lowest BCUT2D eigenvalue weighted by atomic mass is 9.87. The van der Waals surface area contributed by atoms with Gasteiger partial charge in [-0.3, -0.25) is 4.79 Å². The third-order valence-corrected chi connectivity index (χ3v) is 4.07. The molecule has 1 aliphatic rings. The highest BCUT2D eigenvalue weighted by Gasteiger charge is 2.35. The Bertz CT molecular complexity index is 470. The van der Waals surface area contributed by atoms with Gasteiger partial charge in [0.2, 0.25) is 5.91 Å². The van der Waals surface area contributed by atoms with Gasteiger partial charge in [0.1, 0.15) is 0 Å². The second kappa shape index (κ2) is 6.40. The SMILES string of the molecule is CCc1ccccc1C1C(N)CCC(=O)N1CC(C)C. The van der Waals surface area contributed by atoms with E-state index in [2.05, 4.69) is 39.0 Å². The molecule has 2 rings (SSSR count). The zero-order valence-electron chi connectivity index (χ0n) is 12.8. The molecule has 2 atom stereocenters. The van der Waals surface area contributed by atoms with Gasteiger partial charge >= 0.3 is 0 Å². The van der Waals surface area contributed by atoms with Crippen LogP contribution in [0.15, 0.2) is 24.3 Å². The molecule has 110 valence electrons. The summed E-state index contributed by atoms with van der Waals surface area (Å²) in [4.78, 5) is 14.3. The quantitative estimate of drug-likeness (QED) is 0.917. The number of likely N-dealkylation sites (tertiary alicyclic amines) is 1. The second-order valence-corrected chi connectivity index (χ2v) is 6.14. The molecule has 0 radical (unpaired) electrons. The van der Waals surface area contributed by atoms with Gasteiger partial charge in [0.05, 0.1) is 6.04 Å². The lowest BCUT2D eigenvalue weighted by Gasteiger charge is -2.41. The van der Waals surface area contributed by atoms with E-state index in [0.717, 1.165) is 19.4 Å². The van der Waals surface area contributed by atoms with E-state index >= 15 is 0 Å². The largest absolute Gasteiger partial charge is 0.334 e. The number of amides is 1. The van der Waals surface area contributed by atoms with Gasteiger partial charge in [0, 0.05) is 19.0 Å². The number of nitrogens with two attached hydrogens (primary N) is 1. The number of aryl methyl sites for hydroxylation is 1. The minimum absolute atomic E-state index is 0.0369. The monoisotopic (exact) mass is 274 g/mol. The van der Waals surface area contributed by atoms with Crippen molar-refractivity contribution in [2.45, 2.75) is 52.1 Å². The smallest absolute Gasteiger partial charge is 0.223 e. The molecule has 1 fully saturated rings. The number of hydrogen-bond donors (Lipinski definition) is 1. The van der Waals surface area contributed by atoms with Crippen molar-refractivity contribution in [3.63, 3.8) is 0 Å². The van der Waals surface area contributed by atoms with Crippen molar-refractivity contribution < 1.29 is 4.79 Å². The molecule has 20 heavy (non-hydrogen) atoms. The number of hydrogen-bond acceptors (Lipinski definition) is 2. The van der Waals surface area contributed by atoms with Crippen LogP contribution in [0.25, 0.3) is 0 Å². The van der Waals surface area contributed by atoms with Crippen LogP contribution >= 0.6 is 0 Å². The summed E-state index contributed by atoms with van der Waals surface area (Å²) < 4.78 is 0. The Kier molecular flexibility index (Phi) is 4.81. The molecule has 1 heterocycles. The summed E-state index contributed by atoms with van der Waals surface area (Å²) in [5, 5.41) is 0. The number of rotatable bonds is 4. The van der Waals surface area contributed by atoms with Crippen LogP contribution in [-0.4, -0.2) is 23.4 Å². The minimum Gasteiger partial charge on any atom is -0.334 e. The van der Waals surface area contributed by atoms with Crippen LogP contribution in [0.1, 0.15) is 50.8 Å². The second-order valence-electron chi connectivity index (χ2n) is 6.14. The molecule has 0 bridgehead atoms. The van der Waals surface area contributed by atoms with Crippen molar-refractivity contribution >= 4 is 5.91 Å². The highest BCUT2D eigenvalue weighted by Crippen LogP contribution is 2.33. The lowest BCUT2D eigenvalue weighted by Crippen LogP contribution is -2.50. The summed E-state index contributed by atoms with van der Waals surface area (Å²) in [5.41, 5.74) is 8.90. The zero-order chi connectivity index (χ0) is 14.7. The molecule has 1 aromatic rings. The fraction of sp³-hybridized carbons (Fsp3) is 0.588. The first-order valence-corrected chi connectivity index (χ1v) is 7.67. The predicted molar refractivity (Wildman–Crippen MR) is 82.3 cm³/mol. The van der Waals surface area contributed by atoms with Gasteiger partial charge in [-0.05, 0) is 29.9 Å². The van der Waals surface area contributed by atoms with E-state index in [1.165, 1.54) is 11.1 Å². The number of benzene rings is 1. The molecular weight excluding hydrogens is 248 g/mol. The third kappa shape index (κ3) is 3.04. The maximum absolute atomic E-state index is 12.3. The summed E-state index contributed by atoms with van der Waals surface area (Å²) in [6, 6.07) is 8.47. The molecule has 3 heteroatoms. The summed E-state index contributed by atoms with van der Waals surface area (Å²) in [7, 11) is 0. The summed E-state index contributed by atoms with van der Waals surface area (Å²) in [5.74, 6) is 0.705. The molecule has 3 nitrogen and oxygen atoms in total. The van der Waals surface area contributed by atoms with E-state index in [0.29, 0.717) is 12.3 Å². The van der Waals surface area contributed by atoms with E-state index < -0.39 is 0 Å². The van der Waals surface area contributed by atoms with Crippen LogP contribution < -0.4 is 5.73 Å². The van der Waals surface area contributed by atoms with Crippen LogP contribution in [0.3, 0.4) is 0 Å². The summed E-state index contributed by atoms with van der Waals surface area (Å²) >= 11 is 0. The Hall–Kier alpha value is -1.35. The highest BCUT2D eigenvalue weighted by molar-refractivity contribution is 5.78. The summed E-state index contributed by atoms with van der Waals surface area (Å²) in [6.45, 7) is 7.24. The van der Waals surface area contributed by atoms with Gasteiger partial charge in [0.15, 0.2) is 0 Å². The fourth-order valence-corrected chi connectivity index (χ4v) is 3.13. The Balaban J connectivity index is 2.39. The normalized spacial score (nSPS) is 23.4. The standard InChI is InChI=1S/C17H26N2O/c1-4-13-7-5-6-8-14(13)17-15(18)9-10-16(20)19(17)11-12(2)3/h5-8,12,15,17H,4,9-11,18H2,1-3H3. The average Bonchev–Trinajstić information content (AvgIpc) is 2.43. The number of carbonyl (C=O) groups is 1. The van der Waals surface area contributed by atoms with Crippen molar-refractivity contribution in [3.05, 3.63) is 35.4 Å². The molecule has 0 spiro atoms. The molecule has 2 N–H and O–H groups in total. The lowest BCUT2D eigenvalue weighted by molar-refractivity contribution is -0.138. The van der Waals surface area contributed by atoms with Crippen molar-refractivity contribution in [3.8, 4) is 0 Å². The minimum atomic E-state index is 0.0369. The topological polar surface area (TPSA) is 46.3 Å². The fourth-order valence-electron chi connectivity index (χ4n) is 3.13. The van der Waals surface area contributed by atoms with Gasteiger partial charge < -0.3 is 10.6 Å². The van der Waals surface area contributed by atoms with Gasteiger partial charge in [-0.15, -0.1) is 0 Å². The van der Waals surface area contributed by atoms with E-state index in [1.54, 1.807) is 0 Å². The van der Waals surface area contributed by atoms with E-state index in [-0.39, 0.29) is 18.0 Å². The third-order valence-electron chi connectivity index (χ3n) is 4.07. The molecule has 2 unspecified atom stereocenters. The number of piperidine rings is 1. The summed E-state index contributed by atoms with van der Waals surface area (Å²) in [6.07, 6.45) is 2.35. The molecule has 1 saturated heterocycles. The number of carbonyl (C=O) groups excluding carboxylic acids is 1. The van der Waals surface area contributed by atoms with Crippen molar-refractivity contribution in [1.82, 2.24) is 4.90 Å². The van der Waals surface area contributed by atoms with Crippen LogP contribution in [0.5, 0.6) is 0 Å². The van der Waals surface area contributed by atoms with Crippen LogP contribution in [0.4, 0.5) is 0 Å². The first-order valence-electron chi connectivity index (χ1n) is 7.67. The van der Waals surface area contributed by atoms with E-state index in [9.17, 15) is 4.79 Å². The van der Waals surface area contributed by atoms with Crippen molar-refractivity contribution in [2.75, 3.05) is 6.54 Å². The Labute approximate surface area is 122 Å². The van der Waals surface area contributed by atoms with Crippen LogP contribution in [0, 0.1) is 5.92 Å². The maximum Gasteiger partial charge on any atom is 0.223 e. The number of nitrogens with zero attached hydrogens (tertiary/aromatic N) is 1. The molecule has 0 aromatic heterocycles. The van der Waals surface area contributed by atoms with E-state index in [4.69, 9.17) is 5.73 Å². The van der Waals surface area contributed by atoms with Crippen LogP contribution in [0.2, 0.25) is 0 Å². The van der Waals surface area contributed by atoms with Gasteiger partial charge in [0.25, 0.3) is 0 Å². The molecule has 0 saturated carbocycles. The Morgan fingerprint density at radius 3 is 2.70 bits per heavy atom. The molecular formula is C17H26N2O. The first kappa shape index (κ1) is 15.0. The molecule has 0 aliphatic carbocycles. The molecule has 1 aromatic carbocycles. The predicted octanol–water partition coefficient (Wildman–Crippen LogP) is 2.90.